The van der Waals surface area contributed by atoms with Crippen molar-refractivity contribution < 1.29 is 4.74 Å². The molecule has 0 fully saturated rings. The zero-order chi connectivity index (χ0) is 14.5. The Morgan fingerprint density at radius 3 is 2.60 bits per heavy atom. The third-order valence-corrected chi connectivity index (χ3v) is 3.30. The molecule has 4 nitrogen and oxygen atoms in total. The van der Waals surface area contributed by atoms with Gasteiger partial charge in [0.25, 0.3) is 0 Å². The summed E-state index contributed by atoms with van der Waals surface area (Å²) in [7, 11) is 1.62. The van der Waals surface area contributed by atoms with E-state index in [9.17, 15) is 0 Å². The van der Waals surface area contributed by atoms with E-state index in [2.05, 4.69) is 54.3 Å². The third kappa shape index (κ3) is 2.96. The molecular formula is C16H21N3O. The van der Waals surface area contributed by atoms with E-state index >= 15 is 0 Å². The van der Waals surface area contributed by atoms with Crippen LogP contribution < -0.4 is 10.1 Å². The fraction of sp³-hybridized carbons (Fsp3) is 0.375. The van der Waals surface area contributed by atoms with Crippen molar-refractivity contribution >= 4 is 0 Å². The first-order valence-electron chi connectivity index (χ1n) is 6.82. The highest BCUT2D eigenvalue weighted by molar-refractivity contribution is 5.39. The number of ether oxygens (including phenoxy) is 1. The molecule has 4 heteroatoms. The summed E-state index contributed by atoms with van der Waals surface area (Å²) in [4.78, 5) is 8.71. The van der Waals surface area contributed by atoms with Crippen molar-refractivity contribution in [3.8, 4) is 5.88 Å². The molecule has 2 aromatic rings. The normalized spacial score (nSPS) is 12.2. The van der Waals surface area contributed by atoms with Crippen LogP contribution in [0.15, 0.2) is 30.6 Å². The quantitative estimate of drug-likeness (QED) is 0.908. The number of aromatic nitrogens is 2. The number of rotatable bonds is 5. The molecule has 0 saturated heterocycles. The smallest absolute Gasteiger partial charge is 0.237 e. The van der Waals surface area contributed by atoms with Crippen LogP contribution in [0.2, 0.25) is 0 Å². The average Bonchev–Trinajstić information content (AvgIpc) is 2.45. The molecule has 1 atom stereocenters. The van der Waals surface area contributed by atoms with Gasteiger partial charge in [0.2, 0.25) is 5.88 Å². The molecule has 0 amide bonds. The second-order valence-corrected chi connectivity index (χ2v) is 4.80. The van der Waals surface area contributed by atoms with Crippen molar-refractivity contribution in [2.24, 2.45) is 0 Å². The van der Waals surface area contributed by atoms with Crippen molar-refractivity contribution in [3.63, 3.8) is 0 Å². The predicted octanol–water partition coefficient (Wildman–Crippen LogP) is 2.80. The van der Waals surface area contributed by atoms with Crippen molar-refractivity contribution in [1.82, 2.24) is 15.3 Å². The molecule has 1 aromatic carbocycles. The Bertz CT molecular complexity index is 584. The van der Waals surface area contributed by atoms with E-state index in [0.717, 1.165) is 12.2 Å². The molecule has 1 heterocycles. The molecule has 20 heavy (non-hydrogen) atoms. The van der Waals surface area contributed by atoms with Crippen LogP contribution in [0.3, 0.4) is 0 Å². The number of aryl methyl sites for hydroxylation is 2. The van der Waals surface area contributed by atoms with Gasteiger partial charge in [0.15, 0.2) is 0 Å². The largest absolute Gasteiger partial charge is 0.480 e. The van der Waals surface area contributed by atoms with Gasteiger partial charge in [-0.25, -0.2) is 4.98 Å². The first kappa shape index (κ1) is 14.5. The monoisotopic (exact) mass is 271 g/mol. The average molecular weight is 271 g/mol. The fourth-order valence-corrected chi connectivity index (χ4v) is 2.40. The molecule has 0 aliphatic heterocycles. The van der Waals surface area contributed by atoms with Gasteiger partial charge < -0.3 is 10.1 Å². The summed E-state index contributed by atoms with van der Waals surface area (Å²) in [6.45, 7) is 7.15. The predicted molar refractivity (Wildman–Crippen MR) is 80.0 cm³/mol. The molecule has 0 bridgehead atoms. The van der Waals surface area contributed by atoms with E-state index in [4.69, 9.17) is 4.74 Å². The van der Waals surface area contributed by atoms with Crippen LogP contribution in [0.25, 0.3) is 0 Å². The minimum Gasteiger partial charge on any atom is -0.480 e. The molecule has 1 aromatic heterocycles. The van der Waals surface area contributed by atoms with Crippen molar-refractivity contribution in [2.45, 2.75) is 26.8 Å². The van der Waals surface area contributed by atoms with Crippen LogP contribution in [-0.4, -0.2) is 23.6 Å². The highest BCUT2D eigenvalue weighted by Crippen LogP contribution is 2.28. The van der Waals surface area contributed by atoms with Gasteiger partial charge in [0.05, 0.1) is 13.2 Å². The summed E-state index contributed by atoms with van der Waals surface area (Å²) >= 11 is 0. The second-order valence-electron chi connectivity index (χ2n) is 4.80. The van der Waals surface area contributed by atoms with E-state index in [1.54, 1.807) is 19.5 Å². The van der Waals surface area contributed by atoms with Crippen molar-refractivity contribution in [2.75, 3.05) is 13.7 Å². The molecule has 1 unspecified atom stereocenters. The van der Waals surface area contributed by atoms with Gasteiger partial charge in [0, 0.05) is 12.4 Å². The van der Waals surface area contributed by atoms with E-state index in [1.165, 1.54) is 16.7 Å². The summed E-state index contributed by atoms with van der Waals surface area (Å²) in [6.07, 6.45) is 3.35. The minimum atomic E-state index is -0.00995. The lowest BCUT2D eigenvalue weighted by Crippen LogP contribution is -2.24. The van der Waals surface area contributed by atoms with Crippen molar-refractivity contribution in [1.29, 1.82) is 0 Å². The number of nitrogens with zero attached hydrogens (tertiary/aromatic N) is 2. The van der Waals surface area contributed by atoms with Crippen LogP contribution in [-0.2, 0) is 0 Å². The zero-order valence-corrected chi connectivity index (χ0v) is 12.5. The summed E-state index contributed by atoms with van der Waals surface area (Å²) in [5.41, 5.74) is 4.52. The van der Waals surface area contributed by atoms with Gasteiger partial charge in [-0.3, -0.25) is 4.98 Å². The van der Waals surface area contributed by atoms with E-state index < -0.39 is 0 Å². The summed E-state index contributed by atoms with van der Waals surface area (Å²) in [5, 5.41) is 3.47. The number of methoxy groups -OCH3 is 1. The van der Waals surface area contributed by atoms with Crippen LogP contribution in [0.4, 0.5) is 0 Å². The Balaban J connectivity index is 2.50. The van der Waals surface area contributed by atoms with E-state index in [-0.39, 0.29) is 6.04 Å². The highest BCUT2D eigenvalue weighted by Gasteiger charge is 2.21. The number of benzene rings is 1. The standard InChI is InChI=1S/C16H21N3O/c1-5-17-14(13-7-6-11(2)10-12(13)3)15-16(20-4)19-9-8-18-15/h6-10,14,17H,5H2,1-4H3. The van der Waals surface area contributed by atoms with Gasteiger partial charge >= 0.3 is 0 Å². The Labute approximate surface area is 120 Å². The van der Waals surface area contributed by atoms with Crippen LogP contribution in [0, 0.1) is 13.8 Å². The number of hydrogen-bond donors (Lipinski definition) is 1. The van der Waals surface area contributed by atoms with Gasteiger partial charge in [-0.05, 0) is 31.5 Å². The Hall–Kier alpha value is -1.94. The third-order valence-electron chi connectivity index (χ3n) is 3.30. The molecule has 0 radical (unpaired) electrons. The Kier molecular flexibility index (Phi) is 4.69. The lowest BCUT2D eigenvalue weighted by Gasteiger charge is -2.21. The molecule has 1 N–H and O–H groups in total. The SMILES string of the molecule is CCNC(c1ccc(C)cc1C)c1nccnc1OC. The molecule has 0 aliphatic rings. The maximum atomic E-state index is 5.34. The first-order chi connectivity index (χ1) is 9.67. The first-order valence-corrected chi connectivity index (χ1v) is 6.82. The van der Waals surface area contributed by atoms with Crippen LogP contribution in [0.1, 0.15) is 35.3 Å². The molecule has 0 saturated carbocycles. The topological polar surface area (TPSA) is 47.0 Å². The van der Waals surface area contributed by atoms with Gasteiger partial charge in [-0.15, -0.1) is 0 Å². The number of nitrogens with one attached hydrogen (secondary N) is 1. The fourth-order valence-electron chi connectivity index (χ4n) is 2.40. The molecule has 106 valence electrons. The minimum absolute atomic E-state index is 0.00995. The molecule has 2 rings (SSSR count). The summed E-state index contributed by atoms with van der Waals surface area (Å²) in [5.74, 6) is 0.568. The molecular weight excluding hydrogens is 250 g/mol. The zero-order valence-electron chi connectivity index (χ0n) is 12.5. The van der Waals surface area contributed by atoms with E-state index in [0.29, 0.717) is 5.88 Å². The summed E-state index contributed by atoms with van der Waals surface area (Å²) < 4.78 is 5.34. The van der Waals surface area contributed by atoms with Gasteiger partial charge in [-0.2, -0.15) is 0 Å². The Morgan fingerprint density at radius 2 is 1.95 bits per heavy atom. The number of hydrogen-bond acceptors (Lipinski definition) is 4. The lowest BCUT2D eigenvalue weighted by atomic mass is 9.97. The maximum Gasteiger partial charge on any atom is 0.237 e. The highest BCUT2D eigenvalue weighted by atomic mass is 16.5. The Morgan fingerprint density at radius 1 is 1.20 bits per heavy atom. The van der Waals surface area contributed by atoms with Crippen molar-refractivity contribution in [3.05, 3.63) is 53.0 Å². The molecule has 0 spiro atoms. The molecule has 0 aliphatic carbocycles. The van der Waals surface area contributed by atoms with Crippen LogP contribution >= 0.6 is 0 Å². The van der Waals surface area contributed by atoms with Gasteiger partial charge in [-0.1, -0.05) is 30.7 Å². The van der Waals surface area contributed by atoms with E-state index in [1.807, 2.05) is 0 Å². The summed E-state index contributed by atoms with van der Waals surface area (Å²) in [6, 6.07) is 6.44. The van der Waals surface area contributed by atoms with Crippen LogP contribution in [0.5, 0.6) is 5.88 Å². The lowest BCUT2D eigenvalue weighted by molar-refractivity contribution is 0.383. The second kappa shape index (κ2) is 6.48. The maximum absolute atomic E-state index is 5.34. The van der Waals surface area contributed by atoms with Gasteiger partial charge in [0.1, 0.15) is 5.69 Å².